The Kier molecular flexibility index (Phi) is 4.65. The summed E-state index contributed by atoms with van der Waals surface area (Å²) in [4.78, 5) is 0. The molecule has 0 aromatic rings. The number of hydrogen-bond acceptors (Lipinski definition) is 2. The van der Waals surface area contributed by atoms with E-state index in [1.54, 1.807) is 0 Å². The molecule has 0 bridgehead atoms. The van der Waals surface area contributed by atoms with Crippen LogP contribution in [0.5, 0.6) is 0 Å². The molecule has 10 heavy (non-hydrogen) atoms. The number of hydrogen-bond donors (Lipinski definition) is 2. The van der Waals surface area contributed by atoms with Crippen LogP contribution in [0.3, 0.4) is 0 Å². The predicted octanol–water partition coefficient (Wildman–Crippen LogP) is 2.63. The minimum absolute atomic E-state index is 0.0187. The first kappa shape index (κ1) is 9.92. The highest BCUT2D eigenvalue weighted by molar-refractivity contribution is 6.84. The molecule has 0 aromatic heterocycles. The van der Waals surface area contributed by atoms with E-state index in [2.05, 4.69) is 0 Å². The molecule has 4 heteroatoms. The molecule has 1 atom stereocenters. The lowest BCUT2D eigenvalue weighted by atomic mass is 10.2. The molecule has 2 nitrogen and oxygen atoms in total. The molecule has 2 N–H and O–H groups in total. The zero-order valence-corrected chi connectivity index (χ0v) is 7.26. The lowest BCUT2D eigenvalue weighted by molar-refractivity contribution is 0.842. The maximum Gasteiger partial charge on any atom is 0.143 e. The van der Waals surface area contributed by atoms with Crippen molar-refractivity contribution in [3.05, 3.63) is 0 Å². The second kappa shape index (κ2) is 4.69. The molecule has 0 aromatic carbocycles. The first-order chi connectivity index (χ1) is 4.59. The van der Waals surface area contributed by atoms with Gasteiger partial charge < -0.3 is 5.41 Å². The molecular weight excluding hydrogens is 171 g/mol. The molecule has 0 radical (unpaired) electrons. The van der Waals surface area contributed by atoms with E-state index in [0.717, 1.165) is 6.42 Å². The summed E-state index contributed by atoms with van der Waals surface area (Å²) in [5, 5.41) is 13.4. The van der Waals surface area contributed by atoms with Gasteiger partial charge in [0.25, 0.3) is 0 Å². The third-order valence-corrected chi connectivity index (χ3v) is 1.73. The monoisotopic (exact) mass is 180 g/mol. The fourth-order valence-corrected chi connectivity index (χ4v) is 1.05. The van der Waals surface area contributed by atoms with Crippen molar-refractivity contribution in [2.45, 2.75) is 25.1 Å². The number of halogens is 2. The van der Waals surface area contributed by atoms with E-state index in [0.29, 0.717) is 6.42 Å². The lowest BCUT2D eigenvalue weighted by Gasteiger charge is -2.05. The molecule has 58 valence electrons. The van der Waals surface area contributed by atoms with Gasteiger partial charge in [0.15, 0.2) is 0 Å². The van der Waals surface area contributed by atoms with E-state index in [9.17, 15) is 0 Å². The molecule has 0 heterocycles. The highest BCUT2D eigenvalue weighted by Gasteiger charge is 2.12. The predicted molar refractivity (Wildman–Crippen MR) is 45.9 cm³/mol. The molecule has 0 aliphatic rings. The third kappa shape index (κ3) is 3.18. The second-order valence-electron chi connectivity index (χ2n) is 1.98. The Labute approximate surface area is 70.5 Å². The zero-order valence-electron chi connectivity index (χ0n) is 5.75. The van der Waals surface area contributed by atoms with Crippen molar-refractivity contribution in [2.24, 2.45) is 0 Å². The SMILES string of the molecule is CCCC(Cl)C(=N)C(=N)Cl. The quantitative estimate of drug-likeness (QED) is 0.494. The van der Waals surface area contributed by atoms with E-state index in [1.165, 1.54) is 0 Å². The molecule has 0 rings (SSSR count). The van der Waals surface area contributed by atoms with Crippen molar-refractivity contribution in [3.63, 3.8) is 0 Å². The third-order valence-electron chi connectivity index (χ3n) is 1.09. The Morgan fingerprint density at radius 2 is 2.00 bits per heavy atom. The zero-order chi connectivity index (χ0) is 8.15. The highest BCUT2D eigenvalue weighted by atomic mass is 35.5. The largest absolute Gasteiger partial charge is 0.301 e. The van der Waals surface area contributed by atoms with Crippen molar-refractivity contribution >= 4 is 34.1 Å². The summed E-state index contributed by atoms with van der Waals surface area (Å²) < 4.78 is 0. The lowest BCUT2D eigenvalue weighted by Crippen LogP contribution is -2.18. The average Bonchev–Trinajstić information content (AvgIpc) is 1.87. The Hall–Kier alpha value is -0.0800. The summed E-state index contributed by atoms with van der Waals surface area (Å²) in [6.07, 6.45) is 1.61. The van der Waals surface area contributed by atoms with Gasteiger partial charge in [0, 0.05) is 0 Å². The van der Waals surface area contributed by atoms with E-state index in [4.69, 9.17) is 34.0 Å². The van der Waals surface area contributed by atoms with E-state index >= 15 is 0 Å². The van der Waals surface area contributed by atoms with Crippen LogP contribution in [0.25, 0.3) is 0 Å². The molecule has 0 aliphatic carbocycles. The number of nitrogens with one attached hydrogen (secondary N) is 2. The standard InChI is InChI=1S/C6H10Cl2N2/c1-2-3-4(7)5(9)6(8)10/h4,9-10H,2-3H2,1H3. The van der Waals surface area contributed by atoms with Gasteiger partial charge in [0.2, 0.25) is 0 Å². The fourth-order valence-electron chi connectivity index (χ4n) is 0.535. The van der Waals surface area contributed by atoms with Gasteiger partial charge in [0.1, 0.15) is 5.17 Å². The van der Waals surface area contributed by atoms with Crippen molar-refractivity contribution in [1.29, 1.82) is 10.8 Å². The van der Waals surface area contributed by atoms with Gasteiger partial charge in [-0.05, 0) is 6.42 Å². The summed E-state index contributed by atoms with van der Waals surface area (Å²) in [5.41, 5.74) is 0.0187. The van der Waals surface area contributed by atoms with Gasteiger partial charge in [-0.2, -0.15) is 0 Å². The van der Waals surface area contributed by atoms with Gasteiger partial charge in [-0.3, -0.25) is 5.41 Å². The molecule has 0 fully saturated rings. The van der Waals surface area contributed by atoms with Crippen LogP contribution in [0.1, 0.15) is 19.8 Å². The maximum atomic E-state index is 7.16. The van der Waals surface area contributed by atoms with E-state index in [1.807, 2.05) is 6.92 Å². The fraction of sp³-hybridized carbons (Fsp3) is 0.667. The highest BCUT2D eigenvalue weighted by Crippen LogP contribution is 2.08. The van der Waals surface area contributed by atoms with Crippen LogP contribution in [0.15, 0.2) is 0 Å². The summed E-state index contributed by atoms with van der Waals surface area (Å²) in [6.45, 7) is 1.97. The maximum absolute atomic E-state index is 7.16. The molecule has 0 spiro atoms. The van der Waals surface area contributed by atoms with Crippen molar-refractivity contribution < 1.29 is 0 Å². The Morgan fingerprint density at radius 3 is 2.30 bits per heavy atom. The smallest absolute Gasteiger partial charge is 0.143 e. The van der Waals surface area contributed by atoms with Gasteiger partial charge in [-0.15, -0.1) is 11.6 Å². The van der Waals surface area contributed by atoms with Crippen LogP contribution in [0.2, 0.25) is 0 Å². The summed E-state index contributed by atoms with van der Waals surface area (Å²) in [7, 11) is 0. The molecular formula is C6H10Cl2N2. The van der Waals surface area contributed by atoms with Crippen molar-refractivity contribution in [3.8, 4) is 0 Å². The Balaban J connectivity index is 3.82. The van der Waals surface area contributed by atoms with Crippen LogP contribution in [-0.2, 0) is 0 Å². The van der Waals surface area contributed by atoms with Crippen LogP contribution >= 0.6 is 23.2 Å². The van der Waals surface area contributed by atoms with E-state index < -0.39 is 5.38 Å². The molecule has 0 saturated heterocycles. The normalized spacial score (nSPS) is 12.7. The second-order valence-corrected chi connectivity index (χ2v) is 2.89. The Morgan fingerprint density at radius 1 is 1.50 bits per heavy atom. The van der Waals surface area contributed by atoms with Crippen LogP contribution in [-0.4, -0.2) is 16.3 Å². The summed E-state index contributed by atoms with van der Waals surface area (Å²) in [6, 6.07) is 0. The van der Waals surface area contributed by atoms with Gasteiger partial charge in [-0.1, -0.05) is 24.9 Å². The molecule has 1 unspecified atom stereocenters. The minimum Gasteiger partial charge on any atom is -0.301 e. The topological polar surface area (TPSA) is 47.7 Å². The summed E-state index contributed by atoms with van der Waals surface area (Å²) in [5.74, 6) is 0. The minimum atomic E-state index is -0.394. The average molecular weight is 181 g/mol. The number of rotatable bonds is 4. The van der Waals surface area contributed by atoms with Gasteiger partial charge in [0.05, 0.1) is 11.1 Å². The van der Waals surface area contributed by atoms with Crippen molar-refractivity contribution in [1.82, 2.24) is 0 Å². The van der Waals surface area contributed by atoms with Crippen LogP contribution < -0.4 is 0 Å². The first-order valence-corrected chi connectivity index (χ1v) is 3.88. The van der Waals surface area contributed by atoms with Gasteiger partial charge in [-0.25, -0.2) is 0 Å². The first-order valence-electron chi connectivity index (χ1n) is 3.06. The Bertz CT molecular complexity index is 145. The van der Waals surface area contributed by atoms with Crippen molar-refractivity contribution in [2.75, 3.05) is 0 Å². The van der Waals surface area contributed by atoms with Gasteiger partial charge >= 0.3 is 0 Å². The van der Waals surface area contributed by atoms with E-state index in [-0.39, 0.29) is 10.9 Å². The molecule has 0 amide bonds. The summed E-state index contributed by atoms with van der Waals surface area (Å²) >= 11 is 10.9. The number of alkyl halides is 1. The molecule has 0 aliphatic heterocycles. The van der Waals surface area contributed by atoms with Crippen LogP contribution in [0, 0.1) is 10.8 Å². The van der Waals surface area contributed by atoms with Crippen LogP contribution in [0.4, 0.5) is 0 Å². The molecule has 0 saturated carbocycles.